The second kappa shape index (κ2) is 7.95. The van der Waals surface area contributed by atoms with Crippen LogP contribution in [0.25, 0.3) is 0 Å². The van der Waals surface area contributed by atoms with Crippen molar-refractivity contribution in [2.24, 2.45) is 0 Å². The van der Waals surface area contributed by atoms with E-state index >= 15 is 0 Å². The van der Waals surface area contributed by atoms with E-state index in [4.69, 9.17) is 4.74 Å². The van der Waals surface area contributed by atoms with E-state index in [-0.39, 0.29) is 18.8 Å². The number of rotatable bonds is 4. The van der Waals surface area contributed by atoms with Gasteiger partial charge in [0.2, 0.25) is 0 Å². The fraction of sp³-hybridized carbons (Fsp3) is 0.318. The third-order valence-electron chi connectivity index (χ3n) is 5.32. The van der Waals surface area contributed by atoms with Gasteiger partial charge in [0.15, 0.2) is 6.73 Å². The summed E-state index contributed by atoms with van der Waals surface area (Å²) in [4.78, 5) is 31.5. The Hall–Kier alpha value is -3.35. The summed E-state index contributed by atoms with van der Waals surface area (Å²) in [5, 5.41) is 0. The normalized spacial score (nSPS) is 13.2. The minimum absolute atomic E-state index is 0.104. The zero-order chi connectivity index (χ0) is 20.4. The number of aromatic nitrogens is 3. The fourth-order valence-electron chi connectivity index (χ4n) is 3.53. The lowest BCUT2D eigenvalue weighted by Gasteiger charge is -2.27. The first-order valence-electron chi connectivity index (χ1n) is 9.67. The largest absolute Gasteiger partial charge is 0.428 e. The Balaban J connectivity index is 1.46. The standard InChI is InChI=1S/C22H24N4O3/c1-16-10-24(11-17(16)2)15-29-22(28)25-9-8-20-19(13-25)21(27)26(14-23-20)12-18-6-4-3-5-7-18/h3-7,10-11,14H,8-9,12-13,15H2,1-2H3. The molecule has 0 N–H and O–H groups in total. The first-order chi connectivity index (χ1) is 14.0. The van der Waals surface area contributed by atoms with Crippen LogP contribution in [0.3, 0.4) is 0 Å². The van der Waals surface area contributed by atoms with Crippen LogP contribution in [0.5, 0.6) is 0 Å². The maximum Gasteiger partial charge on any atom is 0.411 e. The van der Waals surface area contributed by atoms with Crippen LogP contribution in [0.4, 0.5) is 4.79 Å². The first kappa shape index (κ1) is 19.0. The van der Waals surface area contributed by atoms with Crippen LogP contribution >= 0.6 is 0 Å². The molecule has 0 unspecified atom stereocenters. The maximum atomic E-state index is 12.9. The van der Waals surface area contributed by atoms with Gasteiger partial charge in [0.05, 0.1) is 30.7 Å². The molecular weight excluding hydrogens is 368 g/mol. The molecule has 0 bridgehead atoms. The molecule has 1 aromatic carbocycles. The van der Waals surface area contributed by atoms with Gasteiger partial charge in [-0.3, -0.25) is 9.36 Å². The van der Waals surface area contributed by atoms with E-state index in [1.807, 2.05) is 61.1 Å². The second-order valence-corrected chi connectivity index (χ2v) is 7.44. The van der Waals surface area contributed by atoms with Gasteiger partial charge in [-0.05, 0) is 30.5 Å². The third-order valence-corrected chi connectivity index (χ3v) is 5.32. The van der Waals surface area contributed by atoms with Gasteiger partial charge >= 0.3 is 6.09 Å². The van der Waals surface area contributed by atoms with Crippen molar-refractivity contribution in [3.05, 3.63) is 87.4 Å². The van der Waals surface area contributed by atoms with Crippen molar-refractivity contribution in [2.45, 2.75) is 40.1 Å². The number of nitrogens with zero attached hydrogens (tertiary/aromatic N) is 4. The quantitative estimate of drug-likeness (QED) is 0.685. The van der Waals surface area contributed by atoms with Gasteiger partial charge in [-0.1, -0.05) is 30.3 Å². The summed E-state index contributed by atoms with van der Waals surface area (Å²) in [6, 6.07) is 9.77. The molecule has 2 aromatic heterocycles. The minimum atomic E-state index is -0.419. The Labute approximate surface area is 169 Å². The second-order valence-electron chi connectivity index (χ2n) is 7.44. The Morgan fingerprint density at radius 2 is 1.86 bits per heavy atom. The van der Waals surface area contributed by atoms with Crippen molar-refractivity contribution in [1.82, 2.24) is 19.0 Å². The van der Waals surface area contributed by atoms with Crippen LogP contribution in [0, 0.1) is 13.8 Å². The predicted molar refractivity (Wildman–Crippen MR) is 109 cm³/mol. The summed E-state index contributed by atoms with van der Waals surface area (Å²) >= 11 is 0. The number of hydrogen-bond acceptors (Lipinski definition) is 4. The van der Waals surface area contributed by atoms with Crippen LogP contribution < -0.4 is 5.56 Å². The minimum Gasteiger partial charge on any atom is -0.428 e. The molecule has 0 fully saturated rings. The lowest BCUT2D eigenvalue weighted by molar-refractivity contribution is 0.0715. The van der Waals surface area contributed by atoms with Crippen molar-refractivity contribution in [3.8, 4) is 0 Å². The van der Waals surface area contributed by atoms with Crippen LogP contribution in [0.1, 0.15) is 27.9 Å². The van der Waals surface area contributed by atoms with Crippen molar-refractivity contribution in [1.29, 1.82) is 0 Å². The number of amides is 1. The summed E-state index contributed by atoms with van der Waals surface area (Å²) in [7, 11) is 0. The topological polar surface area (TPSA) is 69.4 Å². The van der Waals surface area contributed by atoms with Gasteiger partial charge in [-0.25, -0.2) is 9.78 Å². The molecule has 0 saturated carbocycles. The molecular formula is C22H24N4O3. The molecule has 0 radical (unpaired) electrons. The van der Waals surface area contributed by atoms with Gasteiger partial charge in [0.1, 0.15) is 0 Å². The molecule has 29 heavy (non-hydrogen) atoms. The van der Waals surface area contributed by atoms with E-state index in [1.54, 1.807) is 15.8 Å². The van der Waals surface area contributed by atoms with Gasteiger partial charge in [-0.2, -0.15) is 0 Å². The Kier molecular flexibility index (Phi) is 5.20. The molecule has 3 aromatic rings. The average molecular weight is 392 g/mol. The highest BCUT2D eigenvalue weighted by molar-refractivity contribution is 5.67. The van der Waals surface area contributed by atoms with Crippen molar-refractivity contribution in [2.75, 3.05) is 6.54 Å². The predicted octanol–water partition coefficient (Wildman–Crippen LogP) is 2.86. The molecule has 1 amide bonds. The van der Waals surface area contributed by atoms with E-state index in [1.165, 1.54) is 0 Å². The average Bonchev–Trinajstić information content (AvgIpc) is 3.06. The van der Waals surface area contributed by atoms with E-state index in [0.717, 1.165) is 22.4 Å². The lowest BCUT2D eigenvalue weighted by atomic mass is 10.1. The van der Waals surface area contributed by atoms with Gasteiger partial charge in [0.25, 0.3) is 5.56 Å². The highest BCUT2D eigenvalue weighted by Crippen LogP contribution is 2.15. The molecule has 7 nitrogen and oxygen atoms in total. The molecule has 0 atom stereocenters. The molecule has 1 aliphatic heterocycles. The van der Waals surface area contributed by atoms with Crippen LogP contribution in [0.15, 0.2) is 53.8 Å². The van der Waals surface area contributed by atoms with E-state index in [9.17, 15) is 9.59 Å². The van der Waals surface area contributed by atoms with Crippen LogP contribution in [-0.2, 0) is 31.0 Å². The van der Waals surface area contributed by atoms with Crippen molar-refractivity contribution >= 4 is 6.09 Å². The number of carbonyl (C=O) groups is 1. The molecule has 0 spiro atoms. The van der Waals surface area contributed by atoms with Crippen molar-refractivity contribution < 1.29 is 9.53 Å². The highest BCUT2D eigenvalue weighted by atomic mass is 16.6. The van der Waals surface area contributed by atoms with Gasteiger partial charge in [-0.15, -0.1) is 0 Å². The number of aryl methyl sites for hydroxylation is 2. The number of ether oxygens (including phenoxy) is 1. The molecule has 7 heteroatoms. The van der Waals surface area contributed by atoms with E-state index < -0.39 is 6.09 Å². The summed E-state index contributed by atoms with van der Waals surface area (Å²) in [6.07, 6.45) is 5.62. The van der Waals surface area contributed by atoms with E-state index in [2.05, 4.69) is 4.98 Å². The maximum absolute atomic E-state index is 12.9. The third kappa shape index (κ3) is 4.08. The van der Waals surface area contributed by atoms with Gasteiger partial charge < -0.3 is 14.2 Å². The monoisotopic (exact) mass is 392 g/mol. The Morgan fingerprint density at radius 1 is 1.14 bits per heavy atom. The Bertz CT molecular complexity index is 1070. The summed E-state index contributed by atoms with van der Waals surface area (Å²) < 4.78 is 8.87. The summed E-state index contributed by atoms with van der Waals surface area (Å²) in [5.41, 5.74) is 4.56. The zero-order valence-corrected chi connectivity index (χ0v) is 16.7. The highest BCUT2D eigenvalue weighted by Gasteiger charge is 2.25. The SMILES string of the molecule is Cc1cn(COC(=O)N2CCc3ncn(Cc4ccccc4)c(=O)c3C2)cc1C. The number of hydrogen-bond donors (Lipinski definition) is 0. The lowest BCUT2D eigenvalue weighted by Crippen LogP contribution is -2.41. The molecule has 3 heterocycles. The number of carbonyl (C=O) groups excluding carboxylic acids is 1. The van der Waals surface area contributed by atoms with Crippen LogP contribution in [0.2, 0.25) is 0 Å². The zero-order valence-electron chi connectivity index (χ0n) is 16.7. The molecule has 150 valence electrons. The fourth-order valence-corrected chi connectivity index (χ4v) is 3.53. The molecule has 1 aliphatic rings. The summed E-state index contributed by atoms with van der Waals surface area (Å²) in [6.45, 7) is 5.36. The number of fused-ring (bicyclic) bond motifs is 1. The molecule has 0 aliphatic carbocycles. The molecule has 4 rings (SSSR count). The summed E-state index contributed by atoms with van der Waals surface area (Å²) in [5.74, 6) is 0. The van der Waals surface area contributed by atoms with Gasteiger partial charge in [0, 0.05) is 25.4 Å². The smallest absolute Gasteiger partial charge is 0.411 e. The van der Waals surface area contributed by atoms with Crippen LogP contribution in [-0.4, -0.2) is 31.7 Å². The molecule has 0 saturated heterocycles. The number of benzene rings is 1. The first-order valence-corrected chi connectivity index (χ1v) is 9.67. The van der Waals surface area contributed by atoms with E-state index in [0.29, 0.717) is 25.1 Å². The van der Waals surface area contributed by atoms with Crippen molar-refractivity contribution in [3.63, 3.8) is 0 Å². The Morgan fingerprint density at radius 3 is 2.59 bits per heavy atom.